The summed E-state index contributed by atoms with van der Waals surface area (Å²) in [6.07, 6.45) is 6.53. The van der Waals surface area contributed by atoms with Gasteiger partial charge in [-0.05, 0) is 94.0 Å². The summed E-state index contributed by atoms with van der Waals surface area (Å²) < 4.78 is 30.4. The van der Waals surface area contributed by atoms with Crippen molar-refractivity contribution >= 4 is 22.8 Å². The minimum Gasteiger partial charge on any atom is -0.497 e. The zero-order valence-electron chi connectivity index (χ0n) is 23.4. The van der Waals surface area contributed by atoms with Crippen molar-refractivity contribution in [3.05, 3.63) is 35.1 Å². The number of thioether (sulfide) groups is 1. The van der Waals surface area contributed by atoms with Crippen LogP contribution in [0.15, 0.2) is 24.0 Å². The molecule has 1 spiro atoms. The molecule has 0 aromatic heterocycles. The van der Waals surface area contributed by atoms with E-state index in [-0.39, 0.29) is 29.8 Å². The van der Waals surface area contributed by atoms with E-state index in [9.17, 15) is 9.59 Å². The van der Waals surface area contributed by atoms with Crippen LogP contribution in [-0.4, -0.2) is 71.6 Å². The summed E-state index contributed by atoms with van der Waals surface area (Å²) in [4.78, 5) is 29.7. The van der Waals surface area contributed by atoms with Crippen molar-refractivity contribution < 1.29 is 33.3 Å². The van der Waals surface area contributed by atoms with Crippen LogP contribution in [-0.2, 0) is 30.2 Å². The average Bonchev–Trinajstić information content (AvgIpc) is 3.57. The highest BCUT2D eigenvalue weighted by Gasteiger charge is 2.59. The SMILES string of the molecule is CCSC(=O)C[C@@]1(C(=O)OC2C(OC)=C[C@]34CCCN3CCc3cc5c(cc3[C@H]24)OCO5)CCCC(C)(C)O1. The Kier molecular flexibility index (Phi) is 6.91. The number of benzene rings is 1. The fourth-order valence-electron chi connectivity index (χ4n) is 7.53. The second kappa shape index (κ2) is 10.00. The number of fused-ring (bicyclic) bond motifs is 3. The molecule has 6 rings (SSSR count). The van der Waals surface area contributed by atoms with Gasteiger partial charge < -0.3 is 23.7 Å². The predicted octanol–water partition coefficient (Wildman–Crippen LogP) is 4.73. The first-order valence-electron chi connectivity index (χ1n) is 14.2. The molecule has 1 unspecified atom stereocenters. The third-order valence-corrected chi connectivity index (χ3v) is 9.89. The van der Waals surface area contributed by atoms with Gasteiger partial charge in [-0.1, -0.05) is 18.7 Å². The van der Waals surface area contributed by atoms with Crippen molar-refractivity contribution in [1.29, 1.82) is 0 Å². The van der Waals surface area contributed by atoms with Crippen LogP contribution in [0, 0.1) is 0 Å². The van der Waals surface area contributed by atoms with E-state index in [1.807, 2.05) is 20.8 Å². The van der Waals surface area contributed by atoms with Crippen LogP contribution in [0.25, 0.3) is 0 Å². The predicted molar refractivity (Wildman–Crippen MR) is 147 cm³/mol. The number of ether oxygens (including phenoxy) is 5. The maximum absolute atomic E-state index is 14.3. The van der Waals surface area contributed by atoms with Crippen LogP contribution in [0.4, 0.5) is 0 Å². The molecule has 4 heterocycles. The average molecular weight is 558 g/mol. The number of carbonyl (C=O) groups is 2. The summed E-state index contributed by atoms with van der Waals surface area (Å²) in [7, 11) is 1.64. The molecule has 0 saturated carbocycles. The van der Waals surface area contributed by atoms with Crippen LogP contribution >= 0.6 is 11.8 Å². The molecule has 0 radical (unpaired) electrons. The highest BCUT2D eigenvalue weighted by atomic mass is 32.2. The molecule has 4 aliphatic heterocycles. The Morgan fingerprint density at radius 3 is 2.64 bits per heavy atom. The number of rotatable bonds is 6. The number of hydrogen-bond acceptors (Lipinski definition) is 9. The minimum atomic E-state index is -1.31. The van der Waals surface area contributed by atoms with Crippen molar-refractivity contribution in [3.63, 3.8) is 0 Å². The number of carbonyl (C=O) groups excluding carboxylic acids is 2. The Morgan fingerprint density at radius 1 is 1.10 bits per heavy atom. The van der Waals surface area contributed by atoms with Crippen LogP contribution in [0.1, 0.15) is 76.3 Å². The molecule has 1 aromatic carbocycles. The molecule has 9 heteroatoms. The molecular weight excluding hydrogens is 518 g/mol. The van der Waals surface area contributed by atoms with Gasteiger partial charge in [0.1, 0.15) is 5.76 Å². The Hall–Kier alpha value is -2.23. The molecule has 2 fully saturated rings. The summed E-state index contributed by atoms with van der Waals surface area (Å²) in [5, 5.41) is -0.0490. The van der Waals surface area contributed by atoms with Gasteiger partial charge in [-0.3, -0.25) is 9.69 Å². The van der Waals surface area contributed by atoms with E-state index in [2.05, 4.69) is 23.1 Å². The maximum atomic E-state index is 14.3. The summed E-state index contributed by atoms with van der Waals surface area (Å²) in [6.45, 7) is 8.00. The van der Waals surface area contributed by atoms with Gasteiger partial charge in [0.2, 0.25) is 6.79 Å². The van der Waals surface area contributed by atoms with E-state index in [0.29, 0.717) is 17.9 Å². The van der Waals surface area contributed by atoms with Gasteiger partial charge in [-0.2, -0.15) is 0 Å². The van der Waals surface area contributed by atoms with Crippen LogP contribution in [0.2, 0.25) is 0 Å². The first kappa shape index (κ1) is 27.0. The zero-order chi connectivity index (χ0) is 27.4. The quantitative estimate of drug-likeness (QED) is 0.461. The van der Waals surface area contributed by atoms with E-state index in [1.54, 1.807) is 7.11 Å². The lowest BCUT2D eigenvalue weighted by Gasteiger charge is -2.44. The molecule has 1 aromatic rings. The molecule has 39 heavy (non-hydrogen) atoms. The normalized spacial score (nSPS) is 32.5. The minimum absolute atomic E-state index is 0.00370. The fraction of sp³-hybridized carbons (Fsp3) is 0.667. The molecule has 212 valence electrons. The van der Waals surface area contributed by atoms with Crippen molar-refractivity contribution in [3.8, 4) is 11.5 Å². The molecular formula is C30H39NO7S. The third-order valence-electron chi connectivity index (χ3n) is 9.14. The van der Waals surface area contributed by atoms with Crippen molar-refractivity contribution in [1.82, 2.24) is 4.90 Å². The zero-order valence-corrected chi connectivity index (χ0v) is 24.2. The smallest absolute Gasteiger partial charge is 0.339 e. The molecule has 1 aliphatic carbocycles. The lowest BCUT2D eigenvalue weighted by atomic mass is 9.77. The Morgan fingerprint density at radius 2 is 1.90 bits per heavy atom. The topological polar surface area (TPSA) is 83.5 Å². The Bertz CT molecular complexity index is 1200. The van der Waals surface area contributed by atoms with Gasteiger partial charge in [-0.15, -0.1) is 0 Å². The van der Waals surface area contributed by atoms with Crippen LogP contribution in [0.3, 0.4) is 0 Å². The summed E-state index contributed by atoms with van der Waals surface area (Å²) in [5.41, 5.74) is 0.141. The molecule has 0 bridgehead atoms. The largest absolute Gasteiger partial charge is 0.497 e. The highest BCUT2D eigenvalue weighted by molar-refractivity contribution is 8.13. The van der Waals surface area contributed by atoms with Gasteiger partial charge in [0.25, 0.3) is 0 Å². The van der Waals surface area contributed by atoms with E-state index < -0.39 is 23.3 Å². The van der Waals surface area contributed by atoms with Gasteiger partial charge >= 0.3 is 5.97 Å². The highest BCUT2D eigenvalue weighted by Crippen LogP contribution is 2.56. The number of esters is 1. The standard InChI is InChI=1S/C30H39NO7S/c1-5-39-24(32)17-30(11-6-9-28(2,3)38-30)27(33)37-26-23(34-4)16-29-10-7-12-31(29)13-8-19-14-21-22(36-18-35-21)15-20(19)25(26)29/h14-16,25-26H,5-13,17-18H2,1-4H3/t25-,26?,29+,30-/m1/s1. The number of hydrogen-bond donors (Lipinski definition) is 0. The number of nitrogens with zero attached hydrogens (tertiary/aromatic N) is 1. The van der Waals surface area contributed by atoms with E-state index in [0.717, 1.165) is 62.3 Å². The van der Waals surface area contributed by atoms with Crippen molar-refractivity contribution in [2.75, 3.05) is 32.7 Å². The number of methoxy groups -OCH3 is 1. The van der Waals surface area contributed by atoms with E-state index >= 15 is 0 Å². The summed E-state index contributed by atoms with van der Waals surface area (Å²) in [6, 6.07) is 4.17. The molecule has 5 aliphatic rings. The lowest BCUT2D eigenvalue weighted by Crippen LogP contribution is -2.54. The van der Waals surface area contributed by atoms with Gasteiger partial charge in [0, 0.05) is 6.54 Å². The maximum Gasteiger partial charge on any atom is 0.339 e. The second-order valence-corrected chi connectivity index (χ2v) is 13.3. The molecule has 0 amide bonds. The molecule has 8 nitrogen and oxygen atoms in total. The molecule has 4 atom stereocenters. The van der Waals surface area contributed by atoms with E-state index in [4.69, 9.17) is 23.7 Å². The summed E-state index contributed by atoms with van der Waals surface area (Å²) in [5.74, 6) is 2.16. The van der Waals surface area contributed by atoms with Crippen LogP contribution < -0.4 is 9.47 Å². The van der Waals surface area contributed by atoms with E-state index in [1.165, 1.54) is 17.3 Å². The van der Waals surface area contributed by atoms with Crippen LogP contribution in [0.5, 0.6) is 11.5 Å². The van der Waals surface area contributed by atoms with Gasteiger partial charge in [0.05, 0.1) is 30.6 Å². The molecule has 2 saturated heterocycles. The van der Waals surface area contributed by atoms with Gasteiger partial charge in [-0.25, -0.2) is 4.79 Å². The summed E-state index contributed by atoms with van der Waals surface area (Å²) >= 11 is 1.23. The first-order chi connectivity index (χ1) is 18.7. The van der Waals surface area contributed by atoms with Crippen molar-refractivity contribution in [2.45, 2.75) is 94.5 Å². The first-order valence-corrected chi connectivity index (χ1v) is 15.2. The lowest BCUT2D eigenvalue weighted by molar-refractivity contribution is -0.213. The molecule has 0 N–H and O–H groups in total. The van der Waals surface area contributed by atoms with Gasteiger partial charge in [0.15, 0.2) is 28.3 Å². The Labute approximate surface area is 234 Å². The fourth-order valence-corrected chi connectivity index (χ4v) is 8.19. The monoisotopic (exact) mass is 557 g/mol. The third kappa shape index (κ3) is 4.54. The second-order valence-electron chi connectivity index (χ2n) is 12.0. The van der Waals surface area contributed by atoms with Crippen molar-refractivity contribution in [2.24, 2.45) is 0 Å². The Balaban J connectivity index is 1.40.